The Labute approximate surface area is 181 Å². The molecule has 2 saturated heterocycles. The Balaban J connectivity index is 1.65. The van der Waals surface area contributed by atoms with Crippen LogP contribution in [-0.2, 0) is 19.1 Å². The van der Waals surface area contributed by atoms with Gasteiger partial charge in [0.1, 0.15) is 12.4 Å². The first-order valence-corrected chi connectivity index (χ1v) is 10.2. The van der Waals surface area contributed by atoms with Crippen LogP contribution in [0, 0.1) is 17.7 Å². The SMILES string of the molecule is COCC(=O)NC[C@H]1CN(c2ccc(N3CC(N(C)C(C)=O)OC3=O)cc2F)C[C@H]1C. The first-order valence-electron chi connectivity index (χ1n) is 10.2. The van der Waals surface area contributed by atoms with Gasteiger partial charge in [-0.2, -0.15) is 0 Å². The molecule has 1 unspecified atom stereocenters. The van der Waals surface area contributed by atoms with E-state index in [9.17, 15) is 18.8 Å². The molecule has 1 N–H and O–H groups in total. The maximum atomic E-state index is 15.0. The number of methoxy groups -OCH3 is 1. The third-order valence-corrected chi connectivity index (χ3v) is 5.91. The highest BCUT2D eigenvalue weighted by Crippen LogP contribution is 2.33. The first kappa shape index (κ1) is 22.8. The zero-order valence-electron chi connectivity index (χ0n) is 18.3. The van der Waals surface area contributed by atoms with Crippen molar-refractivity contribution in [1.82, 2.24) is 10.2 Å². The summed E-state index contributed by atoms with van der Waals surface area (Å²) >= 11 is 0. The van der Waals surface area contributed by atoms with Crippen LogP contribution < -0.4 is 15.1 Å². The van der Waals surface area contributed by atoms with E-state index in [0.717, 1.165) is 0 Å². The van der Waals surface area contributed by atoms with Gasteiger partial charge in [-0.15, -0.1) is 0 Å². The summed E-state index contributed by atoms with van der Waals surface area (Å²) in [5.74, 6) is -0.369. The quantitative estimate of drug-likeness (QED) is 0.695. The molecule has 170 valence electrons. The standard InChI is InChI=1S/C21H29FN4O5/c1-13-9-25(10-15(13)8-23-19(28)12-30-4)18-6-5-16(7-17(18)22)26-11-20(31-21(26)29)24(3)14(2)27/h5-7,13,15,20H,8-12H2,1-4H3,(H,23,28)/t13-,15+,20?/m1/s1. The second kappa shape index (κ2) is 9.51. The number of anilines is 2. The van der Waals surface area contributed by atoms with E-state index in [-0.39, 0.29) is 36.8 Å². The number of hydrogen-bond donors (Lipinski definition) is 1. The van der Waals surface area contributed by atoms with Crippen molar-refractivity contribution in [3.05, 3.63) is 24.0 Å². The van der Waals surface area contributed by atoms with Crippen molar-refractivity contribution in [2.24, 2.45) is 11.8 Å². The predicted molar refractivity (Wildman–Crippen MR) is 112 cm³/mol. The van der Waals surface area contributed by atoms with Crippen LogP contribution in [0.4, 0.5) is 20.6 Å². The highest BCUT2D eigenvalue weighted by molar-refractivity contribution is 5.90. The van der Waals surface area contributed by atoms with Gasteiger partial charge in [0.15, 0.2) is 6.23 Å². The molecule has 0 radical (unpaired) electrons. The zero-order chi connectivity index (χ0) is 22.7. The molecule has 2 aliphatic heterocycles. The van der Waals surface area contributed by atoms with Crippen molar-refractivity contribution in [3.8, 4) is 0 Å². The Kier molecular flexibility index (Phi) is 6.99. The van der Waals surface area contributed by atoms with Crippen molar-refractivity contribution in [2.45, 2.75) is 20.1 Å². The van der Waals surface area contributed by atoms with Gasteiger partial charge in [-0.1, -0.05) is 6.92 Å². The first-order chi connectivity index (χ1) is 14.7. The normalized spacial score (nSPS) is 23.1. The summed E-state index contributed by atoms with van der Waals surface area (Å²) in [6, 6.07) is 4.64. The topological polar surface area (TPSA) is 91.4 Å². The van der Waals surface area contributed by atoms with Gasteiger partial charge in [0, 0.05) is 40.7 Å². The van der Waals surface area contributed by atoms with Crippen molar-refractivity contribution >= 4 is 29.3 Å². The van der Waals surface area contributed by atoms with Crippen molar-refractivity contribution in [2.75, 3.05) is 56.7 Å². The number of carbonyl (C=O) groups excluding carboxylic acids is 3. The lowest BCUT2D eigenvalue weighted by Gasteiger charge is -2.22. The van der Waals surface area contributed by atoms with Crippen LogP contribution in [0.3, 0.4) is 0 Å². The number of rotatable bonds is 7. The molecule has 1 aromatic carbocycles. The van der Waals surface area contributed by atoms with Crippen LogP contribution in [0.5, 0.6) is 0 Å². The minimum absolute atomic E-state index is 0.0168. The summed E-state index contributed by atoms with van der Waals surface area (Å²) in [6.45, 7) is 5.40. The highest BCUT2D eigenvalue weighted by atomic mass is 19.1. The monoisotopic (exact) mass is 436 g/mol. The average molecular weight is 436 g/mol. The van der Waals surface area contributed by atoms with Crippen LogP contribution in [0.1, 0.15) is 13.8 Å². The number of ether oxygens (including phenoxy) is 2. The predicted octanol–water partition coefficient (Wildman–Crippen LogP) is 1.42. The van der Waals surface area contributed by atoms with E-state index in [4.69, 9.17) is 9.47 Å². The molecule has 1 aromatic rings. The third kappa shape index (κ3) is 5.07. The molecule has 2 aliphatic rings. The van der Waals surface area contributed by atoms with Crippen molar-refractivity contribution in [3.63, 3.8) is 0 Å². The maximum absolute atomic E-state index is 15.0. The lowest BCUT2D eigenvalue weighted by Crippen LogP contribution is -2.38. The molecular weight excluding hydrogens is 407 g/mol. The lowest BCUT2D eigenvalue weighted by atomic mass is 9.98. The summed E-state index contributed by atoms with van der Waals surface area (Å²) < 4.78 is 25.0. The van der Waals surface area contributed by atoms with Crippen LogP contribution >= 0.6 is 0 Å². The van der Waals surface area contributed by atoms with Crippen LogP contribution in [0.25, 0.3) is 0 Å². The molecular formula is C21H29FN4O5. The lowest BCUT2D eigenvalue weighted by molar-refractivity contribution is -0.134. The zero-order valence-corrected chi connectivity index (χ0v) is 18.3. The highest BCUT2D eigenvalue weighted by Gasteiger charge is 2.37. The fourth-order valence-electron chi connectivity index (χ4n) is 3.91. The Bertz CT molecular complexity index is 851. The average Bonchev–Trinajstić information content (AvgIpc) is 3.28. The van der Waals surface area contributed by atoms with E-state index in [0.29, 0.717) is 31.0 Å². The molecule has 9 nitrogen and oxygen atoms in total. The number of halogens is 1. The van der Waals surface area contributed by atoms with Crippen molar-refractivity contribution < 1.29 is 28.2 Å². The number of nitrogens with one attached hydrogen (secondary N) is 1. The number of benzene rings is 1. The van der Waals surface area contributed by atoms with E-state index in [2.05, 4.69) is 12.2 Å². The van der Waals surface area contributed by atoms with Gasteiger partial charge in [-0.25, -0.2) is 9.18 Å². The molecule has 0 bridgehead atoms. The van der Waals surface area contributed by atoms with Crippen LogP contribution in [0.2, 0.25) is 0 Å². The summed E-state index contributed by atoms with van der Waals surface area (Å²) in [5.41, 5.74) is 0.826. The smallest absolute Gasteiger partial charge is 0.416 e. The molecule has 3 rings (SSSR count). The summed E-state index contributed by atoms with van der Waals surface area (Å²) in [5, 5.41) is 2.84. The van der Waals surface area contributed by atoms with Gasteiger partial charge in [0.25, 0.3) is 0 Å². The summed E-state index contributed by atoms with van der Waals surface area (Å²) in [4.78, 5) is 40.0. The molecule has 0 spiro atoms. The molecule has 0 aliphatic carbocycles. The van der Waals surface area contributed by atoms with Gasteiger partial charge in [-0.3, -0.25) is 14.5 Å². The van der Waals surface area contributed by atoms with E-state index >= 15 is 0 Å². The van der Waals surface area contributed by atoms with Gasteiger partial charge in [0.2, 0.25) is 11.8 Å². The molecule has 3 atom stereocenters. The molecule has 0 saturated carbocycles. The Morgan fingerprint density at radius 2 is 2.06 bits per heavy atom. The summed E-state index contributed by atoms with van der Waals surface area (Å²) in [6.07, 6.45) is -1.33. The van der Waals surface area contributed by atoms with Gasteiger partial charge >= 0.3 is 6.09 Å². The molecule has 2 heterocycles. The fourth-order valence-corrected chi connectivity index (χ4v) is 3.91. The number of likely N-dealkylation sites (N-methyl/N-ethyl adjacent to an activating group) is 1. The van der Waals surface area contributed by atoms with E-state index in [1.54, 1.807) is 19.2 Å². The molecule has 2 fully saturated rings. The second-order valence-corrected chi connectivity index (χ2v) is 8.09. The molecule has 31 heavy (non-hydrogen) atoms. The molecule has 3 amide bonds. The number of cyclic esters (lactones) is 1. The number of carbonyl (C=O) groups is 3. The van der Waals surface area contributed by atoms with E-state index in [1.165, 1.54) is 29.9 Å². The summed E-state index contributed by atoms with van der Waals surface area (Å²) in [7, 11) is 3.02. The molecule has 0 aromatic heterocycles. The van der Waals surface area contributed by atoms with Gasteiger partial charge < -0.3 is 24.6 Å². The maximum Gasteiger partial charge on any atom is 0.416 e. The van der Waals surface area contributed by atoms with Gasteiger partial charge in [0.05, 0.1) is 17.9 Å². The Hall–Kier alpha value is -2.88. The van der Waals surface area contributed by atoms with Gasteiger partial charge in [-0.05, 0) is 30.0 Å². The fraction of sp³-hybridized carbons (Fsp3) is 0.571. The van der Waals surface area contributed by atoms with Crippen LogP contribution in [0.15, 0.2) is 18.2 Å². The number of nitrogens with zero attached hydrogens (tertiary/aromatic N) is 3. The molecule has 10 heteroatoms. The van der Waals surface area contributed by atoms with Crippen LogP contribution in [-0.4, -0.2) is 76.0 Å². The van der Waals surface area contributed by atoms with E-state index < -0.39 is 18.1 Å². The Morgan fingerprint density at radius 1 is 1.32 bits per heavy atom. The minimum atomic E-state index is -0.707. The minimum Gasteiger partial charge on any atom is -0.423 e. The Morgan fingerprint density at radius 3 is 2.71 bits per heavy atom. The van der Waals surface area contributed by atoms with E-state index in [1.807, 2.05) is 4.90 Å². The largest absolute Gasteiger partial charge is 0.423 e. The second-order valence-electron chi connectivity index (χ2n) is 8.09. The van der Waals surface area contributed by atoms with Crippen molar-refractivity contribution in [1.29, 1.82) is 0 Å². The number of hydrogen-bond acceptors (Lipinski definition) is 6. The third-order valence-electron chi connectivity index (χ3n) is 5.91. The number of amides is 3.